The first-order chi connectivity index (χ1) is 9.24. The van der Waals surface area contributed by atoms with E-state index in [0.717, 1.165) is 11.6 Å². The van der Waals surface area contributed by atoms with Crippen LogP contribution in [-0.4, -0.2) is 11.1 Å². The zero-order valence-electron chi connectivity index (χ0n) is 12.1. The lowest BCUT2D eigenvalue weighted by atomic mass is 9.68. The van der Waals surface area contributed by atoms with E-state index in [9.17, 15) is 5.11 Å². The molecule has 2 fully saturated rings. The normalized spacial score (nSPS) is 34.5. The molecule has 0 aliphatic heterocycles. The summed E-state index contributed by atoms with van der Waals surface area (Å²) in [5, 5.41) is 13.9. The van der Waals surface area contributed by atoms with E-state index >= 15 is 0 Å². The smallest absolute Gasteiger partial charge is 0.152 e. The van der Waals surface area contributed by atoms with Crippen molar-refractivity contribution >= 4 is 28.9 Å². The number of hydrogen-bond acceptors (Lipinski definition) is 2. The predicted molar refractivity (Wildman–Crippen MR) is 84.8 cm³/mol. The Morgan fingerprint density at radius 2 is 1.80 bits per heavy atom. The molecule has 3 rings (SSSR count). The number of rotatable bonds is 2. The van der Waals surface area contributed by atoms with Gasteiger partial charge in [0.1, 0.15) is 0 Å². The summed E-state index contributed by atoms with van der Waals surface area (Å²) < 4.78 is 0. The number of phenols is 1. The molecule has 110 valence electrons. The monoisotopic (exact) mass is 313 g/mol. The highest BCUT2D eigenvalue weighted by atomic mass is 35.5. The van der Waals surface area contributed by atoms with Crippen molar-refractivity contribution in [3.63, 3.8) is 0 Å². The Bertz CT molecular complexity index is 530. The first kappa shape index (κ1) is 14.3. The number of hydrogen-bond donors (Lipinski definition) is 2. The molecule has 0 aromatic heterocycles. The summed E-state index contributed by atoms with van der Waals surface area (Å²) in [5.41, 5.74) is 1.50. The van der Waals surface area contributed by atoms with Gasteiger partial charge in [-0.3, -0.25) is 0 Å². The molecule has 4 heteroatoms. The second-order valence-electron chi connectivity index (χ2n) is 7.28. The molecule has 2 N–H and O–H groups in total. The number of phenolic OH excluding ortho intramolecular Hbond substituents is 1. The standard InChI is InChI=1S/C16H21Cl2NO/c1-15(2)9-4-5-16(3,8-9)14(15)19-10-6-11(17)13(20)12(18)7-10/h6-7,9,14,19-20H,4-5,8H2,1-3H3/t9-,14?,16+/m0/s1. The average Bonchev–Trinajstić information content (AvgIpc) is 2.83. The fraction of sp³-hybridized carbons (Fsp3) is 0.625. The zero-order chi connectivity index (χ0) is 14.7. The molecule has 20 heavy (non-hydrogen) atoms. The van der Waals surface area contributed by atoms with Crippen molar-refractivity contribution in [1.29, 1.82) is 0 Å². The van der Waals surface area contributed by atoms with Crippen LogP contribution in [-0.2, 0) is 0 Å². The van der Waals surface area contributed by atoms with Crippen LogP contribution in [0.25, 0.3) is 0 Å². The van der Waals surface area contributed by atoms with E-state index in [1.165, 1.54) is 19.3 Å². The third-order valence-electron chi connectivity index (χ3n) is 5.60. The van der Waals surface area contributed by atoms with Gasteiger partial charge < -0.3 is 10.4 Å². The quantitative estimate of drug-likeness (QED) is 0.724. The fourth-order valence-corrected chi connectivity index (χ4v) is 4.96. The molecule has 3 atom stereocenters. The molecule has 1 unspecified atom stereocenters. The maximum absolute atomic E-state index is 9.66. The van der Waals surface area contributed by atoms with E-state index in [-0.39, 0.29) is 11.2 Å². The molecule has 0 amide bonds. The van der Waals surface area contributed by atoms with Gasteiger partial charge in [0.15, 0.2) is 5.75 Å². The van der Waals surface area contributed by atoms with E-state index in [1.54, 1.807) is 12.1 Å². The average molecular weight is 314 g/mol. The van der Waals surface area contributed by atoms with Crippen LogP contribution in [0.2, 0.25) is 10.0 Å². The van der Waals surface area contributed by atoms with E-state index in [0.29, 0.717) is 21.5 Å². The Hall–Kier alpha value is -0.600. The molecular formula is C16H21Cl2NO. The zero-order valence-corrected chi connectivity index (χ0v) is 13.6. The molecule has 2 saturated carbocycles. The molecule has 1 aromatic carbocycles. The minimum Gasteiger partial charge on any atom is -0.505 e. The van der Waals surface area contributed by atoms with Crippen LogP contribution in [0.1, 0.15) is 40.0 Å². The Balaban J connectivity index is 1.91. The van der Waals surface area contributed by atoms with Gasteiger partial charge in [0.25, 0.3) is 0 Å². The number of benzene rings is 1. The Labute approximate surface area is 130 Å². The SMILES string of the molecule is CC1(C)C(Nc2cc(Cl)c(O)c(Cl)c2)[C@]2(C)CC[C@H]1C2. The Kier molecular flexibility index (Phi) is 3.19. The Morgan fingerprint density at radius 1 is 1.20 bits per heavy atom. The maximum Gasteiger partial charge on any atom is 0.152 e. The third-order valence-corrected chi connectivity index (χ3v) is 6.17. The molecule has 0 spiro atoms. The maximum atomic E-state index is 9.66. The number of nitrogens with one attached hydrogen (secondary N) is 1. The number of halogens is 2. The van der Waals surface area contributed by atoms with E-state index < -0.39 is 0 Å². The van der Waals surface area contributed by atoms with Crippen LogP contribution >= 0.6 is 23.2 Å². The van der Waals surface area contributed by atoms with Crippen molar-refractivity contribution in [1.82, 2.24) is 0 Å². The topological polar surface area (TPSA) is 32.3 Å². The molecule has 2 nitrogen and oxygen atoms in total. The van der Waals surface area contributed by atoms with Gasteiger partial charge >= 0.3 is 0 Å². The largest absolute Gasteiger partial charge is 0.505 e. The van der Waals surface area contributed by atoms with Gasteiger partial charge in [-0.1, -0.05) is 44.0 Å². The highest BCUT2D eigenvalue weighted by molar-refractivity contribution is 6.37. The van der Waals surface area contributed by atoms with Gasteiger partial charge in [-0.25, -0.2) is 0 Å². The highest BCUT2D eigenvalue weighted by Gasteiger charge is 2.59. The summed E-state index contributed by atoms with van der Waals surface area (Å²) in [4.78, 5) is 0. The molecule has 0 radical (unpaired) electrons. The first-order valence-electron chi connectivity index (χ1n) is 7.18. The summed E-state index contributed by atoms with van der Waals surface area (Å²) in [6, 6.07) is 3.92. The van der Waals surface area contributed by atoms with Gasteiger partial charge in [-0.15, -0.1) is 0 Å². The van der Waals surface area contributed by atoms with Crippen molar-refractivity contribution < 1.29 is 5.11 Å². The molecule has 2 aliphatic carbocycles. The number of fused-ring (bicyclic) bond motifs is 2. The van der Waals surface area contributed by atoms with Crippen LogP contribution in [0.15, 0.2) is 12.1 Å². The first-order valence-corrected chi connectivity index (χ1v) is 7.94. The van der Waals surface area contributed by atoms with E-state index in [2.05, 4.69) is 26.1 Å². The van der Waals surface area contributed by atoms with Crippen LogP contribution < -0.4 is 5.32 Å². The molecule has 0 heterocycles. The molecule has 2 aliphatic rings. The third kappa shape index (κ3) is 2.00. The van der Waals surface area contributed by atoms with E-state index in [1.807, 2.05) is 0 Å². The minimum atomic E-state index is -0.0442. The van der Waals surface area contributed by atoms with Gasteiger partial charge in [-0.05, 0) is 48.1 Å². The van der Waals surface area contributed by atoms with Crippen molar-refractivity contribution in [2.24, 2.45) is 16.7 Å². The Morgan fingerprint density at radius 3 is 2.30 bits per heavy atom. The van der Waals surface area contributed by atoms with E-state index in [4.69, 9.17) is 23.2 Å². The highest BCUT2D eigenvalue weighted by Crippen LogP contribution is 2.63. The molecule has 2 bridgehead atoms. The van der Waals surface area contributed by atoms with Crippen LogP contribution in [0.4, 0.5) is 5.69 Å². The van der Waals surface area contributed by atoms with Crippen molar-refractivity contribution in [3.05, 3.63) is 22.2 Å². The van der Waals surface area contributed by atoms with Crippen molar-refractivity contribution in [2.75, 3.05) is 5.32 Å². The number of anilines is 1. The van der Waals surface area contributed by atoms with Gasteiger partial charge in [0.05, 0.1) is 10.0 Å². The summed E-state index contributed by atoms with van der Waals surface area (Å²) in [6.45, 7) is 7.08. The lowest BCUT2D eigenvalue weighted by Crippen LogP contribution is -2.45. The summed E-state index contributed by atoms with van der Waals surface area (Å²) in [6.07, 6.45) is 3.90. The van der Waals surface area contributed by atoms with Gasteiger partial charge in [0, 0.05) is 11.7 Å². The summed E-state index contributed by atoms with van der Waals surface area (Å²) in [7, 11) is 0. The fourth-order valence-electron chi connectivity index (χ4n) is 4.48. The van der Waals surface area contributed by atoms with Gasteiger partial charge in [0.2, 0.25) is 0 Å². The summed E-state index contributed by atoms with van der Waals surface area (Å²) >= 11 is 12.0. The van der Waals surface area contributed by atoms with Crippen molar-refractivity contribution in [2.45, 2.75) is 46.1 Å². The molecule has 0 saturated heterocycles. The lowest BCUT2D eigenvalue weighted by Gasteiger charge is -2.43. The predicted octanol–water partition coefficient (Wildman–Crippen LogP) is 5.33. The number of aromatic hydroxyl groups is 1. The van der Waals surface area contributed by atoms with Gasteiger partial charge in [-0.2, -0.15) is 0 Å². The van der Waals surface area contributed by atoms with Crippen LogP contribution in [0.5, 0.6) is 5.75 Å². The van der Waals surface area contributed by atoms with Crippen molar-refractivity contribution in [3.8, 4) is 5.75 Å². The second-order valence-corrected chi connectivity index (χ2v) is 8.10. The molecule has 1 aromatic rings. The molecular weight excluding hydrogens is 293 g/mol. The van der Waals surface area contributed by atoms with Crippen LogP contribution in [0, 0.1) is 16.7 Å². The lowest BCUT2D eigenvalue weighted by molar-refractivity contribution is 0.155. The van der Waals surface area contributed by atoms with Crippen LogP contribution in [0.3, 0.4) is 0 Å². The summed E-state index contributed by atoms with van der Waals surface area (Å²) in [5.74, 6) is 0.741. The second kappa shape index (κ2) is 4.45. The minimum absolute atomic E-state index is 0.0442.